The highest BCUT2D eigenvalue weighted by molar-refractivity contribution is 5.95. The fourth-order valence-electron chi connectivity index (χ4n) is 3.56. The fraction of sp³-hybridized carbons (Fsp3) is 0.269. The van der Waals surface area contributed by atoms with Crippen LogP contribution in [0.15, 0.2) is 58.8 Å². The number of methoxy groups -OCH3 is 1. The molecule has 13 heteroatoms. The molecule has 1 heterocycles. The molecule has 0 aliphatic carbocycles. The highest BCUT2D eigenvalue weighted by Gasteiger charge is 2.32. The number of hydrogen-bond acceptors (Lipinski definition) is 9. The zero-order valence-electron chi connectivity index (χ0n) is 21.5. The molecule has 0 unspecified atom stereocenters. The van der Waals surface area contributed by atoms with Gasteiger partial charge in [0.05, 0.1) is 31.5 Å². The summed E-state index contributed by atoms with van der Waals surface area (Å²) < 4.78 is 21.2. The van der Waals surface area contributed by atoms with E-state index in [1.807, 2.05) is 0 Å². The third-order valence-corrected chi connectivity index (χ3v) is 5.29. The molecule has 3 rings (SSSR count). The van der Waals surface area contributed by atoms with Crippen LogP contribution in [0, 0.1) is 0 Å². The number of esters is 1. The maximum absolute atomic E-state index is 12.5. The van der Waals surface area contributed by atoms with Crippen LogP contribution in [-0.4, -0.2) is 62.1 Å². The second kappa shape index (κ2) is 13.5. The molecule has 0 radical (unpaired) electrons. The number of hydrazone groups is 1. The predicted molar refractivity (Wildman–Crippen MR) is 138 cm³/mol. The number of aliphatic carboxylic acids is 1. The van der Waals surface area contributed by atoms with E-state index in [0.29, 0.717) is 22.6 Å². The van der Waals surface area contributed by atoms with Gasteiger partial charge in [0.25, 0.3) is 5.91 Å². The molecule has 0 fully saturated rings. The van der Waals surface area contributed by atoms with Crippen LogP contribution in [0.5, 0.6) is 17.2 Å². The van der Waals surface area contributed by atoms with Gasteiger partial charge in [0.15, 0.2) is 24.7 Å². The maximum Gasteiger partial charge on any atom is 0.341 e. The van der Waals surface area contributed by atoms with Crippen molar-refractivity contribution in [2.75, 3.05) is 26.9 Å². The fourth-order valence-corrected chi connectivity index (χ4v) is 3.56. The second-order valence-corrected chi connectivity index (χ2v) is 8.03. The van der Waals surface area contributed by atoms with Crippen LogP contribution in [0.4, 0.5) is 4.79 Å². The Morgan fingerprint density at radius 2 is 1.82 bits per heavy atom. The summed E-state index contributed by atoms with van der Waals surface area (Å²) in [7, 11) is 1.42. The lowest BCUT2D eigenvalue weighted by Crippen LogP contribution is -2.45. The molecular weight excluding hydrogens is 512 g/mol. The first-order chi connectivity index (χ1) is 18.7. The van der Waals surface area contributed by atoms with Gasteiger partial charge in [0, 0.05) is 5.70 Å². The van der Waals surface area contributed by atoms with Crippen LogP contribution in [0.25, 0.3) is 0 Å². The molecule has 1 aliphatic heterocycles. The van der Waals surface area contributed by atoms with Gasteiger partial charge in [0.1, 0.15) is 5.75 Å². The Morgan fingerprint density at radius 1 is 1.08 bits per heavy atom. The van der Waals surface area contributed by atoms with Gasteiger partial charge in [-0.1, -0.05) is 6.07 Å². The number of urea groups is 1. The number of hydrogen-bond donors (Lipinski definition) is 4. The van der Waals surface area contributed by atoms with E-state index in [1.165, 1.54) is 13.3 Å². The molecule has 206 valence electrons. The number of benzene rings is 2. The van der Waals surface area contributed by atoms with Crippen molar-refractivity contribution >= 4 is 30.1 Å². The number of carboxylic acids is 1. The minimum absolute atomic E-state index is 0.175. The van der Waals surface area contributed by atoms with E-state index in [0.717, 1.165) is 0 Å². The Kier molecular flexibility index (Phi) is 9.84. The van der Waals surface area contributed by atoms with Crippen molar-refractivity contribution in [2.45, 2.75) is 19.9 Å². The van der Waals surface area contributed by atoms with Crippen molar-refractivity contribution in [3.63, 3.8) is 0 Å². The standard InChI is InChI=1S/C26H28N4O9/c1-4-37-25(34)23-15(2)28-26(35)29-24(23)17-7-10-19(20(11-17)36-3)39-13-21(31)30-27-12-16-5-8-18(9-6-16)38-14-22(32)33/h5-12,24H,4,13-14H2,1-3H3,(H,30,31)(H,32,33)(H2,28,29,35)/b27-12-/t24-/m1/s1. The molecule has 0 spiro atoms. The number of amides is 3. The lowest BCUT2D eigenvalue weighted by molar-refractivity contribution is -0.140. The quantitative estimate of drug-likeness (QED) is 0.178. The Morgan fingerprint density at radius 3 is 2.49 bits per heavy atom. The van der Waals surface area contributed by atoms with Crippen LogP contribution in [0.3, 0.4) is 0 Å². The summed E-state index contributed by atoms with van der Waals surface area (Å²) in [6.45, 7) is 2.66. The van der Waals surface area contributed by atoms with Crippen molar-refractivity contribution in [2.24, 2.45) is 5.10 Å². The molecule has 1 aliphatic rings. The highest BCUT2D eigenvalue weighted by Crippen LogP contribution is 2.34. The summed E-state index contributed by atoms with van der Waals surface area (Å²) in [5.74, 6) is -1.25. The molecule has 39 heavy (non-hydrogen) atoms. The molecule has 1 atom stereocenters. The first kappa shape index (κ1) is 28.5. The third-order valence-electron chi connectivity index (χ3n) is 5.29. The van der Waals surface area contributed by atoms with Crippen LogP contribution in [0.2, 0.25) is 0 Å². The lowest BCUT2D eigenvalue weighted by Gasteiger charge is -2.28. The SMILES string of the molecule is CCOC(=O)C1=C(C)NC(=O)N[C@@H]1c1ccc(OCC(=O)N/N=C\c2ccc(OCC(=O)O)cc2)c(OC)c1. The molecule has 0 saturated carbocycles. The van der Waals surface area contributed by atoms with Crippen molar-refractivity contribution in [1.29, 1.82) is 0 Å². The smallest absolute Gasteiger partial charge is 0.341 e. The van der Waals surface area contributed by atoms with Crippen molar-refractivity contribution in [1.82, 2.24) is 16.1 Å². The molecule has 3 amide bonds. The number of nitrogens with zero attached hydrogens (tertiary/aromatic N) is 1. The molecular formula is C26H28N4O9. The van der Waals surface area contributed by atoms with Gasteiger partial charge in [-0.15, -0.1) is 0 Å². The zero-order chi connectivity index (χ0) is 28.4. The number of carboxylic acid groups (broad SMARTS) is 1. The molecule has 2 aromatic rings. The predicted octanol–water partition coefficient (Wildman–Crippen LogP) is 1.88. The summed E-state index contributed by atoms with van der Waals surface area (Å²) in [6.07, 6.45) is 1.40. The van der Waals surface area contributed by atoms with Gasteiger partial charge < -0.3 is 34.7 Å². The Labute approximate surface area is 223 Å². The van der Waals surface area contributed by atoms with E-state index in [9.17, 15) is 19.2 Å². The van der Waals surface area contributed by atoms with E-state index in [4.69, 9.17) is 24.1 Å². The van der Waals surface area contributed by atoms with E-state index >= 15 is 0 Å². The molecule has 0 saturated heterocycles. The van der Waals surface area contributed by atoms with Crippen LogP contribution in [0.1, 0.15) is 31.0 Å². The van der Waals surface area contributed by atoms with E-state index in [1.54, 1.807) is 56.3 Å². The Bertz CT molecular complexity index is 1290. The van der Waals surface area contributed by atoms with Crippen LogP contribution < -0.4 is 30.3 Å². The highest BCUT2D eigenvalue weighted by atomic mass is 16.5. The molecule has 13 nitrogen and oxygen atoms in total. The number of carbonyl (C=O) groups excluding carboxylic acids is 3. The first-order valence-electron chi connectivity index (χ1n) is 11.7. The minimum Gasteiger partial charge on any atom is -0.493 e. The molecule has 4 N–H and O–H groups in total. The number of nitrogens with one attached hydrogen (secondary N) is 3. The van der Waals surface area contributed by atoms with Crippen molar-refractivity contribution < 1.29 is 43.2 Å². The van der Waals surface area contributed by atoms with Crippen molar-refractivity contribution in [3.8, 4) is 17.2 Å². The van der Waals surface area contributed by atoms with Gasteiger partial charge >= 0.3 is 18.0 Å². The van der Waals surface area contributed by atoms with E-state index < -0.39 is 36.5 Å². The third kappa shape index (κ3) is 7.95. The molecule has 0 aromatic heterocycles. The summed E-state index contributed by atoms with van der Waals surface area (Å²) in [5, 5.41) is 17.8. The number of rotatable bonds is 12. The number of allylic oxidation sites excluding steroid dienone is 1. The summed E-state index contributed by atoms with van der Waals surface area (Å²) >= 11 is 0. The first-order valence-corrected chi connectivity index (χ1v) is 11.7. The van der Waals surface area contributed by atoms with E-state index in [2.05, 4.69) is 21.2 Å². The van der Waals surface area contributed by atoms with Crippen LogP contribution >= 0.6 is 0 Å². The number of carbonyl (C=O) groups is 4. The van der Waals surface area contributed by atoms with Crippen molar-refractivity contribution in [3.05, 3.63) is 64.9 Å². The Hall–Kier alpha value is -5.07. The minimum atomic E-state index is -1.08. The zero-order valence-corrected chi connectivity index (χ0v) is 21.5. The topological polar surface area (TPSA) is 174 Å². The van der Waals surface area contributed by atoms with Crippen LogP contribution in [-0.2, 0) is 19.1 Å². The average Bonchev–Trinajstić information content (AvgIpc) is 2.91. The van der Waals surface area contributed by atoms with Gasteiger partial charge in [-0.05, 0) is 61.4 Å². The Balaban J connectivity index is 1.61. The molecule has 0 bridgehead atoms. The van der Waals surface area contributed by atoms with Gasteiger partial charge in [-0.2, -0.15) is 5.10 Å². The molecule has 2 aromatic carbocycles. The van der Waals surface area contributed by atoms with E-state index in [-0.39, 0.29) is 30.3 Å². The number of ether oxygens (including phenoxy) is 4. The summed E-state index contributed by atoms with van der Waals surface area (Å²) in [4.78, 5) is 47.3. The van der Waals surface area contributed by atoms with Gasteiger partial charge in [-0.25, -0.2) is 19.8 Å². The summed E-state index contributed by atoms with van der Waals surface area (Å²) in [5.41, 5.74) is 4.16. The lowest BCUT2D eigenvalue weighted by atomic mass is 9.95. The van der Waals surface area contributed by atoms with Gasteiger partial charge in [0.2, 0.25) is 0 Å². The normalized spacial score (nSPS) is 14.7. The second-order valence-electron chi connectivity index (χ2n) is 8.03. The summed E-state index contributed by atoms with van der Waals surface area (Å²) in [6, 6.07) is 9.99. The largest absolute Gasteiger partial charge is 0.493 e. The average molecular weight is 541 g/mol. The maximum atomic E-state index is 12.5. The monoisotopic (exact) mass is 540 g/mol. The van der Waals surface area contributed by atoms with Gasteiger partial charge in [-0.3, -0.25) is 4.79 Å².